The van der Waals surface area contributed by atoms with Gasteiger partial charge >= 0.3 is 0 Å². The van der Waals surface area contributed by atoms with Gasteiger partial charge in [0.25, 0.3) is 0 Å². The van der Waals surface area contributed by atoms with Crippen molar-refractivity contribution in [1.29, 1.82) is 0 Å². The first-order valence-corrected chi connectivity index (χ1v) is 8.23. The Kier molecular flexibility index (Phi) is 3.91. The zero-order chi connectivity index (χ0) is 14.0. The van der Waals surface area contributed by atoms with Crippen LogP contribution in [-0.2, 0) is 9.84 Å². The summed E-state index contributed by atoms with van der Waals surface area (Å²) < 4.78 is 22.2. The maximum absolute atomic E-state index is 11.1. The molecule has 106 valence electrons. The first-order chi connectivity index (χ1) is 8.90. The van der Waals surface area contributed by atoms with Gasteiger partial charge in [0.1, 0.15) is 27.3 Å². The fourth-order valence-corrected chi connectivity index (χ4v) is 2.20. The highest BCUT2D eigenvalue weighted by atomic mass is 32.2. The highest BCUT2D eigenvalue weighted by Crippen LogP contribution is 2.39. The zero-order valence-electron chi connectivity index (χ0n) is 11.1. The second kappa shape index (κ2) is 5.30. The largest absolute Gasteiger partial charge is 0.369 e. The number of sulfone groups is 1. The number of hydrogen-bond acceptors (Lipinski definition) is 7. The summed E-state index contributed by atoms with van der Waals surface area (Å²) in [6, 6.07) is 0. The van der Waals surface area contributed by atoms with Crippen molar-refractivity contribution >= 4 is 21.5 Å². The van der Waals surface area contributed by atoms with Crippen molar-refractivity contribution in [2.24, 2.45) is 5.84 Å². The van der Waals surface area contributed by atoms with Crippen molar-refractivity contribution in [3.63, 3.8) is 0 Å². The van der Waals surface area contributed by atoms with E-state index in [0.29, 0.717) is 24.1 Å². The van der Waals surface area contributed by atoms with Gasteiger partial charge in [-0.3, -0.25) is 0 Å². The third-order valence-electron chi connectivity index (χ3n) is 3.01. The minimum absolute atomic E-state index is 0.0700. The second-order valence-electron chi connectivity index (χ2n) is 4.88. The number of nitrogens with zero attached hydrogens (tertiary/aromatic N) is 2. The summed E-state index contributed by atoms with van der Waals surface area (Å²) in [5.74, 6) is 7.91. The standard InChI is InChI=1S/C11H19N5O2S/c1-7-9(13-5-6-19(2,17)18)14-11(8-3-4-8)15-10(7)16-12/h8H,3-6,12H2,1-2H3,(H2,13,14,15,16). The summed E-state index contributed by atoms with van der Waals surface area (Å²) >= 11 is 0. The van der Waals surface area contributed by atoms with E-state index in [1.165, 1.54) is 6.26 Å². The van der Waals surface area contributed by atoms with Crippen LogP contribution in [0.15, 0.2) is 0 Å². The summed E-state index contributed by atoms with van der Waals surface area (Å²) in [5.41, 5.74) is 3.35. The van der Waals surface area contributed by atoms with Gasteiger partial charge in [-0.15, -0.1) is 0 Å². The molecule has 0 amide bonds. The number of nitrogens with two attached hydrogens (primary N) is 1. The molecular weight excluding hydrogens is 266 g/mol. The quantitative estimate of drug-likeness (QED) is 0.512. The van der Waals surface area contributed by atoms with E-state index in [1.54, 1.807) is 0 Å². The van der Waals surface area contributed by atoms with E-state index in [2.05, 4.69) is 20.7 Å². The number of nitrogen functional groups attached to an aromatic ring is 1. The third-order valence-corrected chi connectivity index (χ3v) is 3.95. The monoisotopic (exact) mass is 285 g/mol. The van der Waals surface area contributed by atoms with Gasteiger partial charge in [0.2, 0.25) is 0 Å². The summed E-state index contributed by atoms with van der Waals surface area (Å²) in [6.45, 7) is 2.17. The molecule has 0 aliphatic heterocycles. The molecule has 0 saturated heterocycles. The van der Waals surface area contributed by atoms with Gasteiger partial charge in [-0.1, -0.05) is 0 Å². The number of aromatic nitrogens is 2. The molecule has 0 bridgehead atoms. The number of rotatable bonds is 6. The minimum Gasteiger partial charge on any atom is -0.369 e. The molecular formula is C11H19N5O2S. The van der Waals surface area contributed by atoms with Crippen LogP contribution in [0, 0.1) is 6.92 Å². The predicted octanol–water partition coefficient (Wildman–Crippen LogP) is 0.405. The molecule has 0 spiro atoms. The van der Waals surface area contributed by atoms with E-state index >= 15 is 0 Å². The molecule has 0 atom stereocenters. The van der Waals surface area contributed by atoms with Crippen molar-refractivity contribution in [3.05, 3.63) is 11.4 Å². The van der Waals surface area contributed by atoms with E-state index in [1.807, 2.05) is 6.92 Å². The second-order valence-corrected chi connectivity index (χ2v) is 7.14. The fourth-order valence-electron chi connectivity index (χ4n) is 1.73. The van der Waals surface area contributed by atoms with Gasteiger partial charge in [-0.2, -0.15) is 0 Å². The maximum atomic E-state index is 11.1. The van der Waals surface area contributed by atoms with E-state index in [4.69, 9.17) is 5.84 Å². The van der Waals surface area contributed by atoms with Crippen LogP contribution in [0.5, 0.6) is 0 Å². The molecule has 1 heterocycles. The van der Waals surface area contributed by atoms with Gasteiger partial charge in [0, 0.05) is 24.3 Å². The van der Waals surface area contributed by atoms with Crippen LogP contribution in [0.2, 0.25) is 0 Å². The van der Waals surface area contributed by atoms with Crippen molar-refractivity contribution in [3.8, 4) is 0 Å². The van der Waals surface area contributed by atoms with Crippen LogP contribution < -0.4 is 16.6 Å². The number of anilines is 2. The summed E-state index contributed by atoms with van der Waals surface area (Å²) in [4.78, 5) is 8.81. The van der Waals surface area contributed by atoms with E-state index < -0.39 is 9.84 Å². The van der Waals surface area contributed by atoms with E-state index in [0.717, 1.165) is 24.2 Å². The highest BCUT2D eigenvalue weighted by Gasteiger charge is 2.28. The Morgan fingerprint density at radius 2 is 1.95 bits per heavy atom. The molecule has 1 aliphatic carbocycles. The molecule has 1 aliphatic rings. The normalized spacial score (nSPS) is 15.3. The smallest absolute Gasteiger partial charge is 0.149 e. The van der Waals surface area contributed by atoms with Gasteiger partial charge in [-0.05, 0) is 19.8 Å². The molecule has 8 heteroatoms. The Morgan fingerprint density at radius 1 is 1.32 bits per heavy atom. The lowest BCUT2D eigenvalue weighted by Gasteiger charge is -2.13. The lowest BCUT2D eigenvalue weighted by Crippen LogP contribution is -2.18. The maximum Gasteiger partial charge on any atom is 0.149 e. The first-order valence-electron chi connectivity index (χ1n) is 6.17. The van der Waals surface area contributed by atoms with Gasteiger partial charge in [-0.25, -0.2) is 24.2 Å². The lowest BCUT2D eigenvalue weighted by atomic mass is 10.3. The van der Waals surface area contributed by atoms with Crippen LogP contribution in [-0.4, -0.2) is 36.9 Å². The average molecular weight is 285 g/mol. The fraction of sp³-hybridized carbons (Fsp3) is 0.636. The van der Waals surface area contributed by atoms with Crippen LogP contribution in [0.25, 0.3) is 0 Å². The summed E-state index contributed by atoms with van der Waals surface area (Å²) in [6.07, 6.45) is 3.40. The molecule has 0 radical (unpaired) electrons. The Bertz CT molecular complexity index is 569. The molecule has 0 aromatic carbocycles. The average Bonchev–Trinajstić information content (AvgIpc) is 3.13. The van der Waals surface area contributed by atoms with Crippen LogP contribution in [0.1, 0.15) is 30.1 Å². The first kappa shape index (κ1) is 14.0. The minimum atomic E-state index is -2.98. The third kappa shape index (κ3) is 3.77. The topological polar surface area (TPSA) is 110 Å². The molecule has 19 heavy (non-hydrogen) atoms. The molecule has 1 aromatic rings. The van der Waals surface area contributed by atoms with Crippen molar-refractivity contribution in [2.45, 2.75) is 25.7 Å². The molecule has 4 N–H and O–H groups in total. The lowest BCUT2D eigenvalue weighted by molar-refractivity contribution is 0.602. The molecule has 1 saturated carbocycles. The van der Waals surface area contributed by atoms with E-state index in [9.17, 15) is 8.42 Å². The summed E-state index contributed by atoms with van der Waals surface area (Å²) in [5, 5.41) is 3.04. The number of hydrogen-bond donors (Lipinski definition) is 3. The SMILES string of the molecule is Cc1c(NN)nc(C2CC2)nc1NCCS(C)(=O)=O. The van der Waals surface area contributed by atoms with Gasteiger partial charge in [0.15, 0.2) is 0 Å². The number of hydrazine groups is 1. The van der Waals surface area contributed by atoms with Crippen LogP contribution >= 0.6 is 0 Å². The molecule has 1 aromatic heterocycles. The van der Waals surface area contributed by atoms with Crippen LogP contribution in [0.4, 0.5) is 11.6 Å². The number of nitrogens with one attached hydrogen (secondary N) is 2. The Hall–Kier alpha value is -1.41. The van der Waals surface area contributed by atoms with Crippen molar-refractivity contribution < 1.29 is 8.42 Å². The molecule has 1 fully saturated rings. The summed E-state index contributed by atoms with van der Waals surface area (Å²) in [7, 11) is -2.98. The van der Waals surface area contributed by atoms with E-state index in [-0.39, 0.29) is 5.75 Å². The Balaban J connectivity index is 2.15. The van der Waals surface area contributed by atoms with Gasteiger partial charge < -0.3 is 10.7 Å². The molecule has 0 unspecified atom stereocenters. The zero-order valence-corrected chi connectivity index (χ0v) is 11.9. The molecule has 7 nitrogen and oxygen atoms in total. The van der Waals surface area contributed by atoms with Crippen molar-refractivity contribution in [1.82, 2.24) is 9.97 Å². The van der Waals surface area contributed by atoms with Gasteiger partial charge in [0.05, 0.1) is 5.75 Å². The highest BCUT2D eigenvalue weighted by molar-refractivity contribution is 7.90. The predicted molar refractivity (Wildman–Crippen MR) is 74.8 cm³/mol. The van der Waals surface area contributed by atoms with Crippen molar-refractivity contribution in [2.75, 3.05) is 29.3 Å². The van der Waals surface area contributed by atoms with Crippen LogP contribution in [0.3, 0.4) is 0 Å². The Labute approximate surface area is 112 Å². The Morgan fingerprint density at radius 3 is 2.47 bits per heavy atom. The molecule has 2 rings (SSSR count).